The Bertz CT molecular complexity index is 225. The van der Waals surface area contributed by atoms with Gasteiger partial charge >= 0.3 is 0 Å². The van der Waals surface area contributed by atoms with Crippen molar-refractivity contribution in [2.75, 3.05) is 13.1 Å². The summed E-state index contributed by atoms with van der Waals surface area (Å²) in [7, 11) is 0. The molecule has 0 heterocycles. The quantitative estimate of drug-likeness (QED) is 0.719. The van der Waals surface area contributed by atoms with E-state index in [1.807, 2.05) is 0 Å². The fourth-order valence-corrected chi connectivity index (χ4v) is 2.65. The summed E-state index contributed by atoms with van der Waals surface area (Å²) in [6, 6.07) is 0. The molecule has 2 fully saturated rings. The van der Waals surface area contributed by atoms with Crippen LogP contribution in [0.5, 0.6) is 0 Å². The highest BCUT2D eigenvalue weighted by molar-refractivity contribution is 5.13. The van der Waals surface area contributed by atoms with Crippen LogP contribution in [0.15, 0.2) is 0 Å². The molecule has 2 aliphatic carbocycles. The summed E-state index contributed by atoms with van der Waals surface area (Å²) in [6.07, 6.45) is 2.41. The average Bonchev–Trinajstić information content (AvgIpc) is 2.85. The molecule has 2 heteroatoms. The monoisotopic (exact) mass is 196 g/mol. The number of nitrogens with one attached hydrogen (secondary N) is 1. The molecule has 2 nitrogen and oxygen atoms in total. The molecule has 0 spiro atoms. The highest BCUT2D eigenvalue weighted by Gasteiger charge is 2.63. The predicted molar refractivity (Wildman–Crippen MR) is 60.1 cm³/mol. The maximum Gasteiger partial charge on any atom is 0.0282 e. The lowest BCUT2D eigenvalue weighted by molar-refractivity contribution is 0.457. The number of hydrogen-bond donors (Lipinski definition) is 2. The van der Waals surface area contributed by atoms with E-state index < -0.39 is 0 Å². The Morgan fingerprint density at radius 1 is 1.14 bits per heavy atom. The molecule has 0 aromatic carbocycles. The first-order valence-electron chi connectivity index (χ1n) is 5.79. The van der Waals surface area contributed by atoms with Crippen LogP contribution in [-0.4, -0.2) is 18.6 Å². The molecule has 0 aromatic rings. The lowest BCUT2D eigenvalue weighted by Crippen LogP contribution is -2.37. The predicted octanol–water partition coefficient (Wildman–Crippen LogP) is 1.75. The maximum atomic E-state index is 6.03. The normalized spacial score (nSPS) is 31.5. The van der Waals surface area contributed by atoms with Gasteiger partial charge < -0.3 is 11.1 Å². The summed E-state index contributed by atoms with van der Waals surface area (Å²) in [4.78, 5) is 0. The second kappa shape index (κ2) is 2.73. The van der Waals surface area contributed by atoms with Crippen LogP contribution >= 0.6 is 0 Å². The van der Waals surface area contributed by atoms with Gasteiger partial charge in [0.05, 0.1) is 0 Å². The van der Waals surface area contributed by atoms with Gasteiger partial charge in [-0.1, -0.05) is 27.7 Å². The van der Waals surface area contributed by atoms with E-state index in [4.69, 9.17) is 5.73 Å². The zero-order valence-corrected chi connectivity index (χ0v) is 9.98. The van der Waals surface area contributed by atoms with Gasteiger partial charge in [-0.3, -0.25) is 0 Å². The Labute approximate surface area is 87.6 Å². The molecule has 0 unspecified atom stereocenters. The van der Waals surface area contributed by atoms with Gasteiger partial charge in [-0.25, -0.2) is 0 Å². The van der Waals surface area contributed by atoms with Crippen LogP contribution in [0.2, 0.25) is 0 Å². The fraction of sp³-hybridized carbons (Fsp3) is 1.00. The van der Waals surface area contributed by atoms with E-state index >= 15 is 0 Å². The second-order valence-corrected chi connectivity index (χ2v) is 6.49. The van der Waals surface area contributed by atoms with Crippen molar-refractivity contribution in [1.29, 1.82) is 0 Å². The lowest BCUT2D eigenvalue weighted by atomic mass is 10.0. The zero-order valence-electron chi connectivity index (χ0n) is 9.98. The van der Waals surface area contributed by atoms with Gasteiger partial charge in [0.25, 0.3) is 0 Å². The van der Waals surface area contributed by atoms with Gasteiger partial charge in [0.15, 0.2) is 0 Å². The highest BCUT2D eigenvalue weighted by Crippen LogP contribution is 2.67. The van der Waals surface area contributed by atoms with Gasteiger partial charge in [0, 0.05) is 12.1 Å². The van der Waals surface area contributed by atoms with Crippen LogP contribution in [-0.2, 0) is 0 Å². The van der Waals surface area contributed by atoms with Crippen LogP contribution < -0.4 is 11.1 Å². The Hall–Kier alpha value is -0.0800. The first-order chi connectivity index (χ1) is 6.30. The maximum absolute atomic E-state index is 6.03. The van der Waals surface area contributed by atoms with Crippen molar-refractivity contribution >= 4 is 0 Å². The van der Waals surface area contributed by atoms with Crippen molar-refractivity contribution in [1.82, 2.24) is 5.32 Å². The topological polar surface area (TPSA) is 38.0 Å². The van der Waals surface area contributed by atoms with E-state index in [2.05, 4.69) is 33.0 Å². The molecular formula is C12H24N2. The molecule has 0 amide bonds. The van der Waals surface area contributed by atoms with Crippen LogP contribution in [0.25, 0.3) is 0 Å². The van der Waals surface area contributed by atoms with E-state index in [0.717, 1.165) is 19.0 Å². The highest BCUT2D eigenvalue weighted by atomic mass is 15.0. The van der Waals surface area contributed by atoms with E-state index in [1.54, 1.807) is 0 Å². The van der Waals surface area contributed by atoms with Gasteiger partial charge in [-0.05, 0) is 36.1 Å². The van der Waals surface area contributed by atoms with Crippen molar-refractivity contribution in [3.05, 3.63) is 0 Å². The third-order valence-corrected chi connectivity index (χ3v) is 5.04. The van der Waals surface area contributed by atoms with Crippen LogP contribution in [0, 0.1) is 16.7 Å². The summed E-state index contributed by atoms with van der Waals surface area (Å²) in [5, 5.41) is 3.54. The van der Waals surface area contributed by atoms with Crippen LogP contribution in [0.3, 0.4) is 0 Å². The van der Waals surface area contributed by atoms with Crippen molar-refractivity contribution in [2.45, 2.75) is 46.1 Å². The van der Waals surface area contributed by atoms with Gasteiger partial charge in [-0.15, -0.1) is 0 Å². The molecule has 0 aliphatic heterocycles. The Kier molecular flexibility index (Phi) is 2.04. The Morgan fingerprint density at radius 3 is 2.00 bits per heavy atom. The van der Waals surface area contributed by atoms with Gasteiger partial charge in [-0.2, -0.15) is 0 Å². The molecular weight excluding hydrogens is 172 g/mol. The molecule has 0 saturated heterocycles. The van der Waals surface area contributed by atoms with Gasteiger partial charge in [0.2, 0.25) is 0 Å². The van der Waals surface area contributed by atoms with Crippen molar-refractivity contribution in [3.63, 3.8) is 0 Å². The zero-order chi connectivity index (χ0) is 10.6. The van der Waals surface area contributed by atoms with Crippen molar-refractivity contribution < 1.29 is 0 Å². The summed E-state index contributed by atoms with van der Waals surface area (Å²) in [5.41, 5.74) is 7.19. The molecule has 82 valence electrons. The number of hydrogen-bond acceptors (Lipinski definition) is 2. The minimum absolute atomic E-state index is 0.156. The summed E-state index contributed by atoms with van der Waals surface area (Å²) >= 11 is 0. The third-order valence-electron chi connectivity index (χ3n) is 5.04. The van der Waals surface area contributed by atoms with Crippen LogP contribution in [0.1, 0.15) is 40.5 Å². The molecule has 0 aromatic heterocycles. The summed E-state index contributed by atoms with van der Waals surface area (Å²) < 4.78 is 0. The van der Waals surface area contributed by atoms with Crippen molar-refractivity contribution in [2.24, 2.45) is 22.5 Å². The average molecular weight is 196 g/mol. The third kappa shape index (κ3) is 1.49. The standard InChI is InChI=1S/C12H24N2/c1-10(2)9(11(10,3)4)7-14-8-12(13)5-6-12/h9,14H,5-8,13H2,1-4H3. The molecule has 2 aliphatic rings. The van der Waals surface area contributed by atoms with Gasteiger partial charge in [0.1, 0.15) is 0 Å². The Balaban J connectivity index is 1.73. The number of rotatable bonds is 4. The smallest absolute Gasteiger partial charge is 0.0282 e. The molecule has 14 heavy (non-hydrogen) atoms. The minimum Gasteiger partial charge on any atom is -0.324 e. The molecule has 0 bridgehead atoms. The number of nitrogens with two attached hydrogens (primary N) is 1. The largest absolute Gasteiger partial charge is 0.324 e. The molecule has 0 atom stereocenters. The fourth-order valence-electron chi connectivity index (χ4n) is 2.65. The SMILES string of the molecule is CC1(C)C(CNCC2(N)CC2)C1(C)C. The summed E-state index contributed by atoms with van der Waals surface area (Å²) in [6.45, 7) is 11.6. The van der Waals surface area contributed by atoms with Crippen molar-refractivity contribution in [3.8, 4) is 0 Å². The van der Waals surface area contributed by atoms with Crippen LogP contribution in [0.4, 0.5) is 0 Å². The first kappa shape index (κ1) is 10.4. The summed E-state index contributed by atoms with van der Waals surface area (Å²) in [5.74, 6) is 0.817. The Morgan fingerprint density at radius 2 is 1.64 bits per heavy atom. The molecule has 3 N–H and O–H groups in total. The van der Waals surface area contributed by atoms with E-state index in [9.17, 15) is 0 Å². The minimum atomic E-state index is 0.156. The van der Waals surface area contributed by atoms with E-state index in [1.165, 1.54) is 12.8 Å². The second-order valence-electron chi connectivity index (χ2n) is 6.49. The first-order valence-corrected chi connectivity index (χ1v) is 5.79. The van der Waals surface area contributed by atoms with E-state index in [-0.39, 0.29) is 5.54 Å². The molecule has 0 radical (unpaired) electrons. The molecule has 2 rings (SSSR count). The van der Waals surface area contributed by atoms with E-state index in [0.29, 0.717) is 10.8 Å². The lowest BCUT2D eigenvalue weighted by Gasteiger charge is -2.10. The molecule has 2 saturated carbocycles.